The molecule has 0 saturated heterocycles. The molecule has 132 valence electrons. The number of hydrogen-bond acceptors (Lipinski definition) is 3. The Morgan fingerprint density at radius 3 is 2.09 bits per heavy atom. The maximum Gasteiger partial charge on any atom is 0.0728 e. The number of aliphatic hydroxyl groups excluding tert-OH is 1. The average Bonchev–Trinajstić information content (AvgIpc) is 2.71. The highest BCUT2D eigenvalue weighted by Crippen LogP contribution is 2.68. The van der Waals surface area contributed by atoms with Crippen molar-refractivity contribution < 1.29 is 15.3 Å². The molecule has 3 N–H and O–H groups in total. The van der Waals surface area contributed by atoms with E-state index in [4.69, 9.17) is 0 Å². The third-order valence-corrected chi connectivity index (χ3v) is 9.34. The van der Waals surface area contributed by atoms with E-state index in [1.807, 2.05) is 6.92 Å². The second-order valence-corrected chi connectivity index (χ2v) is 10.0. The van der Waals surface area contributed by atoms with Gasteiger partial charge in [0.05, 0.1) is 17.3 Å². The van der Waals surface area contributed by atoms with Gasteiger partial charge in [0.2, 0.25) is 0 Å². The van der Waals surface area contributed by atoms with Crippen molar-refractivity contribution in [3.05, 3.63) is 0 Å². The molecule has 0 aromatic rings. The Labute approximate surface area is 140 Å². The van der Waals surface area contributed by atoms with Gasteiger partial charge in [0.1, 0.15) is 0 Å². The third kappa shape index (κ3) is 1.93. The Balaban J connectivity index is 1.68. The maximum atomic E-state index is 11.4. The van der Waals surface area contributed by atoms with E-state index in [2.05, 4.69) is 13.8 Å². The van der Waals surface area contributed by atoms with Crippen molar-refractivity contribution in [3.8, 4) is 0 Å². The van der Waals surface area contributed by atoms with Crippen LogP contribution in [0.4, 0.5) is 0 Å². The quantitative estimate of drug-likeness (QED) is 0.641. The van der Waals surface area contributed by atoms with E-state index in [-0.39, 0.29) is 16.9 Å². The Hall–Kier alpha value is -0.120. The van der Waals surface area contributed by atoms with Crippen LogP contribution in [0.25, 0.3) is 0 Å². The Morgan fingerprint density at radius 1 is 0.739 bits per heavy atom. The molecule has 0 aromatic heterocycles. The highest BCUT2D eigenvalue weighted by atomic mass is 16.3. The highest BCUT2D eigenvalue weighted by molar-refractivity contribution is 5.16. The lowest BCUT2D eigenvalue weighted by molar-refractivity contribution is -0.225. The summed E-state index contributed by atoms with van der Waals surface area (Å²) < 4.78 is 0. The molecule has 8 atom stereocenters. The van der Waals surface area contributed by atoms with Gasteiger partial charge in [-0.3, -0.25) is 0 Å². The van der Waals surface area contributed by atoms with Crippen LogP contribution in [0, 0.1) is 28.6 Å². The van der Waals surface area contributed by atoms with Crippen molar-refractivity contribution in [2.75, 3.05) is 0 Å². The van der Waals surface area contributed by atoms with E-state index in [0.29, 0.717) is 24.2 Å². The Kier molecular flexibility index (Phi) is 3.37. The number of aliphatic hydroxyl groups is 3. The zero-order valence-corrected chi connectivity index (χ0v) is 15.0. The van der Waals surface area contributed by atoms with E-state index >= 15 is 0 Å². The van der Waals surface area contributed by atoms with Gasteiger partial charge in [-0.15, -0.1) is 0 Å². The SMILES string of the molecule is C[C@]1(O)CCC2C3CC[C@@]4(O)C[C@@H](O)CC[C@]4(C)C3CC[C@@]21C. The van der Waals surface area contributed by atoms with Gasteiger partial charge in [-0.05, 0) is 86.9 Å². The minimum atomic E-state index is -0.680. The Morgan fingerprint density at radius 2 is 1.35 bits per heavy atom. The standard InChI is InChI=1S/C20H34O3/c1-17-9-6-16-14(15(17)7-10-19(17,3)22)5-11-20(23)12-13(21)4-8-18(16,20)2/h13-16,21-23H,4-12H2,1-3H3/t13-,14?,15?,16?,17-,18+,19-,20+/m0/s1. The first-order chi connectivity index (χ1) is 10.6. The van der Waals surface area contributed by atoms with Crippen LogP contribution >= 0.6 is 0 Å². The van der Waals surface area contributed by atoms with E-state index in [0.717, 1.165) is 51.4 Å². The summed E-state index contributed by atoms with van der Waals surface area (Å²) in [6.45, 7) is 6.66. The van der Waals surface area contributed by atoms with Crippen LogP contribution in [0.2, 0.25) is 0 Å². The summed E-state index contributed by atoms with van der Waals surface area (Å²) in [5.74, 6) is 1.80. The monoisotopic (exact) mass is 322 g/mol. The van der Waals surface area contributed by atoms with Crippen LogP contribution in [0.3, 0.4) is 0 Å². The van der Waals surface area contributed by atoms with Crippen LogP contribution < -0.4 is 0 Å². The van der Waals surface area contributed by atoms with E-state index in [9.17, 15) is 15.3 Å². The molecule has 4 rings (SSSR count). The molecule has 0 aliphatic heterocycles. The first-order valence-electron chi connectivity index (χ1n) is 9.76. The highest BCUT2D eigenvalue weighted by Gasteiger charge is 2.66. The predicted octanol–water partition coefficient (Wildman–Crippen LogP) is 3.26. The van der Waals surface area contributed by atoms with Crippen molar-refractivity contribution in [2.24, 2.45) is 28.6 Å². The molecule has 3 unspecified atom stereocenters. The minimum absolute atomic E-state index is 0.0498. The summed E-state index contributed by atoms with van der Waals surface area (Å²) in [5, 5.41) is 32.4. The molecule has 0 spiro atoms. The van der Waals surface area contributed by atoms with Gasteiger partial charge < -0.3 is 15.3 Å². The minimum Gasteiger partial charge on any atom is -0.393 e. The summed E-state index contributed by atoms with van der Waals surface area (Å²) in [7, 11) is 0. The molecule has 0 amide bonds. The van der Waals surface area contributed by atoms with Gasteiger partial charge in [0.25, 0.3) is 0 Å². The number of fused-ring (bicyclic) bond motifs is 5. The Bertz CT molecular complexity index is 503. The van der Waals surface area contributed by atoms with Gasteiger partial charge in [-0.25, -0.2) is 0 Å². The summed E-state index contributed by atoms with van der Waals surface area (Å²) >= 11 is 0. The van der Waals surface area contributed by atoms with Crippen LogP contribution in [0.5, 0.6) is 0 Å². The smallest absolute Gasteiger partial charge is 0.0728 e. The van der Waals surface area contributed by atoms with Crippen molar-refractivity contribution in [1.82, 2.24) is 0 Å². The molecule has 4 fully saturated rings. The fourth-order valence-corrected chi connectivity index (χ4v) is 7.47. The van der Waals surface area contributed by atoms with Crippen molar-refractivity contribution in [2.45, 2.75) is 95.9 Å². The van der Waals surface area contributed by atoms with Crippen molar-refractivity contribution in [1.29, 1.82) is 0 Å². The molecular weight excluding hydrogens is 288 g/mol. The third-order valence-electron chi connectivity index (χ3n) is 9.34. The molecule has 4 aliphatic rings. The van der Waals surface area contributed by atoms with Gasteiger partial charge in [-0.2, -0.15) is 0 Å². The molecule has 4 aliphatic carbocycles. The van der Waals surface area contributed by atoms with Gasteiger partial charge >= 0.3 is 0 Å². The first-order valence-corrected chi connectivity index (χ1v) is 9.76. The van der Waals surface area contributed by atoms with Gasteiger partial charge in [-0.1, -0.05) is 13.8 Å². The normalized spacial score (nSPS) is 62.3. The van der Waals surface area contributed by atoms with Crippen LogP contribution in [0.1, 0.15) is 78.6 Å². The summed E-state index contributed by atoms with van der Waals surface area (Å²) in [4.78, 5) is 0. The van der Waals surface area contributed by atoms with E-state index in [1.165, 1.54) is 0 Å². The first kappa shape index (κ1) is 16.4. The number of rotatable bonds is 0. The van der Waals surface area contributed by atoms with E-state index < -0.39 is 11.2 Å². The zero-order chi connectivity index (χ0) is 16.7. The second kappa shape index (κ2) is 4.74. The lowest BCUT2D eigenvalue weighted by atomic mass is 9.43. The molecule has 0 radical (unpaired) electrons. The largest absolute Gasteiger partial charge is 0.393 e. The molecule has 3 nitrogen and oxygen atoms in total. The molecule has 3 heteroatoms. The summed E-state index contributed by atoms with van der Waals surface area (Å²) in [5.41, 5.74) is -1.21. The topological polar surface area (TPSA) is 60.7 Å². The lowest BCUT2D eigenvalue weighted by Crippen LogP contribution is -2.63. The lowest BCUT2D eigenvalue weighted by Gasteiger charge is -2.64. The van der Waals surface area contributed by atoms with Gasteiger partial charge in [0.15, 0.2) is 0 Å². The summed E-state index contributed by atoms with van der Waals surface area (Å²) in [6.07, 6.45) is 8.20. The van der Waals surface area contributed by atoms with Crippen molar-refractivity contribution in [3.63, 3.8) is 0 Å². The molecule has 0 heterocycles. The van der Waals surface area contributed by atoms with Gasteiger partial charge in [0, 0.05) is 6.42 Å². The molecule has 4 saturated carbocycles. The van der Waals surface area contributed by atoms with Crippen molar-refractivity contribution >= 4 is 0 Å². The maximum absolute atomic E-state index is 11.4. The summed E-state index contributed by atoms with van der Waals surface area (Å²) in [6, 6.07) is 0. The average molecular weight is 322 g/mol. The fourth-order valence-electron chi connectivity index (χ4n) is 7.47. The second-order valence-electron chi connectivity index (χ2n) is 10.0. The van der Waals surface area contributed by atoms with Crippen LogP contribution in [-0.2, 0) is 0 Å². The molecular formula is C20H34O3. The van der Waals surface area contributed by atoms with Crippen LogP contribution in [0.15, 0.2) is 0 Å². The molecule has 0 bridgehead atoms. The van der Waals surface area contributed by atoms with E-state index in [1.54, 1.807) is 0 Å². The predicted molar refractivity (Wildman–Crippen MR) is 89.8 cm³/mol. The molecule has 0 aromatic carbocycles. The fraction of sp³-hybridized carbons (Fsp3) is 1.00. The number of hydrogen-bond donors (Lipinski definition) is 3. The zero-order valence-electron chi connectivity index (χ0n) is 15.0. The van der Waals surface area contributed by atoms with Crippen LogP contribution in [-0.4, -0.2) is 32.6 Å². The molecule has 23 heavy (non-hydrogen) atoms.